The molecular weight excluding hydrogens is 260 g/mol. The van der Waals surface area contributed by atoms with E-state index in [0.29, 0.717) is 23.9 Å². The van der Waals surface area contributed by atoms with Crippen molar-refractivity contribution >= 4 is 5.91 Å². The molecule has 1 saturated carbocycles. The third kappa shape index (κ3) is 4.45. The van der Waals surface area contributed by atoms with Crippen LogP contribution in [0.15, 0.2) is 0 Å². The monoisotopic (exact) mass is 292 g/mol. The summed E-state index contributed by atoms with van der Waals surface area (Å²) in [6.07, 6.45) is 12.5. The van der Waals surface area contributed by atoms with Crippen LogP contribution in [0.5, 0.6) is 0 Å². The number of amides is 1. The molecule has 3 fully saturated rings. The molecule has 0 radical (unpaired) electrons. The lowest BCUT2D eigenvalue weighted by molar-refractivity contribution is -0.122. The van der Waals surface area contributed by atoms with Gasteiger partial charge in [-0.2, -0.15) is 0 Å². The Bertz CT molecular complexity index is 337. The van der Waals surface area contributed by atoms with E-state index in [0.717, 1.165) is 24.8 Å². The third-order valence-electron chi connectivity index (χ3n) is 6.05. The molecule has 2 unspecified atom stereocenters. The molecule has 0 aromatic heterocycles. The lowest BCUT2D eigenvalue weighted by Crippen LogP contribution is -2.39. The van der Waals surface area contributed by atoms with Crippen LogP contribution in [0.2, 0.25) is 0 Å². The second-order valence-electron chi connectivity index (χ2n) is 7.94. The number of carbonyl (C=O) groups is 1. The van der Waals surface area contributed by atoms with Crippen molar-refractivity contribution in [3.8, 4) is 0 Å². The van der Waals surface area contributed by atoms with Crippen molar-refractivity contribution in [1.29, 1.82) is 0 Å². The molecule has 2 atom stereocenters. The maximum atomic E-state index is 12.1. The summed E-state index contributed by atoms with van der Waals surface area (Å²) in [4.78, 5) is 12.1. The summed E-state index contributed by atoms with van der Waals surface area (Å²) in [6, 6.07) is 1.40. The van der Waals surface area contributed by atoms with Crippen LogP contribution in [0.3, 0.4) is 0 Å². The number of nitrogens with one attached hydrogen (secondary N) is 2. The fourth-order valence-electron chi connectivity index (χ4n) is 4.71. The molecule has 2 bridgehead atoms. The second-order valence-corrected chi connectivity index (χ2v) is 7.94. The van der Waals surface area contributed by atoms with Crippen molar-refractivity contribution in [2.45, 2.75) is 83.2 Å². The van der Waals surface area contributed by atoms with Gasteiger partial charge in [0.2, 0.25) is 5.91 Å². The molecule has 0 spiro atoms. The topological polar surface area (TPSA) is 41.1 Å². The van der Waals surface area contributed by atoms with Gasteiger partial charge in [0.05, 0.1) is 0 Å². The van der Waals surface area contributed by atoms with Gasteiger partial charge in [0.25, 0.3) is 0 Å². The fourth-order valence-corrected chi connectivity index (χ4v) is 4.71. The highest BCUT2D eigenvalue weighted by molar-refractivity contribution is 5.76. The zero-order chi connectivity index (χ0) is 14.7. The first-order valence-corrected chi connectivity index (χ1v) is 9.21. The van der Waals surface area contributed by atoms with E-state index >= 15 is 0 Å². The maximum absolute atomic E-state index is 12.1. The third-order valence-corrected chi connectivity index (χ3v) is 6.05. The largest absolute Gasteiger partial charge is 0.356 e. The Morgan fingerprint density at radius 3 is 2.33 bits per heavy atom. The lowest BCUT2D eigenvalue weighted by Gasteiger charge is -2.29. The first kappa shape index (κ1) is 15.3. The van der Waals surface area contributed by atoms with Crippen LogP contribution in [-0.2, 0) is 4.79 Å². The minimum Gasteiger partial charge on any atom is -0.356 e. The SMILES string of the molecule is CC1CCC(CCNC(=O)CC2CC3CCC(C2)N3)CC1. The minimum absolute atomic E-state index is 0.297. The summed E-state index contributed by atoms with van der Waals surface area (Å²) in [5, 5.41) is 6.83. The number of fused-ring (bicyclic) bond motifs is 2. The molecule has 0 aromatic rings. The van der Waals surface area contributed by atoms with Crippen LogP contribution in [-0.4, -0.2) is 24.5 Å². The molecule has 1 aliphatic carbocycles. The molecule has 2 heterocycles. The maximum Gasteiger partial charge on any atom is 0.220 e. The molecule has 2 N–H and O–H groups in total. The van der Waals surface area contributed by atoms with Crippen LogP contribution in [0.25, 0.3) is 0 Å². The Hall–Kier alpha value is -0.570. The predicted octanol–water partition coefficient (Wildman–Crippen LogP) is 3.24. The first-order valence-electron chi connectivity index (χ1n) is 9.21. The predicted molar refractivity (Wildman–Crippen MR) is 86.0 cm³/mol. The van der Waals surface area contributed by atoms with Crippen molar-refractivity contribution in [2.75, 3.05) is 6.54 Å². The Kier molecular flexibility index (Phi) is 5.20. The molecule has 0 aromatic carbocycles. The standard InChI is InChI=1S/C18H32N2O/c1-13-2-4-14(5-3-13)8-9-19-18(21)12-15-10-16-6-7-17(11-15)20-16/h13-17,20H,2-12H2,1H3,(H,19,21). The Balaban J connectivity index is 1.30. The molecule has 21 heavy (non-hydrogen) atoms. The van der Waals surface area contributed by atoms with Gasteiger partial charge in [0.15, 0.2) is 0 Å². The summed E-state index contributed by atoms with van der Waals surface area (Å²) in [6.45, 7) is 3.26. The van der Waals surface area contributed by atoms with Gasteiger partial charge in [0, 0.05) is 25.0 Å². The van der Waals surface area contributed by atoms with E-state index in [2.05, 4.69) is 17.6 Å². The van der Waals surface area contributed by atoms with E-state index in [1.807, 2.05) is 0 Å². The quantitative estimate of drug-likeness (QED) is 0.817. The average Bonchev–Trinajstić information content (AvgIpc) is 2.80. The summed E-state index contributed by atoms with van der Waals surface area (Å²) in [5.74, 6) is 2.70. The van der Waals surface area contributed by atoms with Crippen molar-refractivity contribution in [3.63, 3.8) is 0 Å². The average molecular weight is 292 g/mol. The molecule has 3 nitrogen and oxygen atoms in total. The van der Waals surface area contributed by atoms with Gasteiger partial charge >= 0.3 is 0 Å². The van der Waals surface area contributed by atoms with E-state index in [1.54, 1.807) is 0 Å². The molecule has 2 aliphatic heterocycles. The van der Waals surface area contributed by atoms with Crippen LogP contribution in [0.4, 0.5) is 0 Å². The summed E-state index contributed by atoms with van der Waals surface area (Å²) < 4.78 is 0. The molecule has 1 amide bonds. The van der Waals surface area contributed by atoms with Crippen molar-refractivity contribution in [3.05, 3.63) is 0 Å². The Morgan fingerprint density at radius 2 is 1.67 bits per heavy atom. The van der Waals surface area contributed by atoms with Crippen molar-refractivity contribution < 1.29 is 4.79 Å². The van der Waals surface area contributed by atoms with E-state index in [9.17, 15) is 4.79 Å². The van der Waals surface area contributed by atoms with E-state index < -0.39 is 0 Å². The van der Waals surface area contributed by atoms with Crippen LogP contribution in [0, 0.1) is 17.8 Å². The molecule has 120 valence electrons. The van der Waals surface area contributed by atoms with Crippen LogP contribution in [0.1, 0.15) is 71.1 Å². The highest BCUT2D eigenvalue weighted by Gasteiger charge is 2.34. The summed E-state index contributed by atoms with van der Waals surface area (Å²) in [7, 11) is 0. The fraction of sp³-hybridized carbons (Fsp3) is 0.944. The van der Waals surface area contributed by atoms with Gasteiger partial charge < -0.3 is 10.6 Å². The van der Waals surface area contributed by atoms with Crippen molar-refractivity contribution in [2.24, 2.45) is 17.8 Å². The zero-order valence-corrected chi connectivity index (χ0v) is 13.6. The Morgan fingerprint density at radius 1 is 1.00 bits per heavy atom. The number of hydrogen-bond acceptors (Lipinski definition) is 2. The number of piperidine rings is 1. The van der Waals surface area contributed by atoms with Crippen LogP contribution >= 0.6 is 0 Å². The smallest absolute Gasteiger partial charge is 0.220 e. The van der Waals surface area contributed by atoms with Crippen molar-refractivity contribution in [1.82, 2.24) is 10.6 Å². The highest BCUT2D eigenvalue weighted by atomic mass is 16.1. The zero-order valence-electron chi connectivity index (χ0n) is 13.6. The van der Waals surface area contributed by atoms with E-state index in [-0.39, 0.29) is 0 Å². The molecule has 2 saturated heterocycles. The lowest BCUT2D eigenvalue weighted by atomic mass is 9.81. The molecule has 3 aliphatic rings. The number of rotatable bonds is 5. The van der Waals surface area contributed by atoms with Gasteiger partial charge in [0.1, 0.15) is 0 Å². The van der Waals surface area contributed by atoms with E-state index in [1.165, 1.54) is 57.8 Å². The molecular formula is C18H32N2O. The van der Waals surface area contributed by atoms with E-state index in [4.69, 9.17) is 0 Å². The van der Waals surface area contributed by atoms with Gasteiger partial charge in [-0.1, -0.05) is 32.6 Å². The number of hydrogen-bond donors (Lipinski definition) is 2. The Labute approximate surface area is 129 Å². The first-order chi connectivity index (χ1) is 10.2. The summed E-state index contributed by atoms with van der Waals surface area (Å²) >= 11 is 0. The van der Waals surface area contributed by atoms with Gasteiger partial charge in [-0.05, 0) is 49.9 Å². The number of carbonyl (C=O) groups excluding carboxylic acids is 1. The van der Waals surface area contributed by atoms with Gasteiger partial charge in [-0.25, -0.2) is 0 Å². The summed E-state index contributed by atoms with van der Waals surface area (Å²) in [5.41, 5.74) is 0. The highest BCUT2D eigenvalue weighted by Crippen LogP contribution is 2.33. The molecule has 3 rings (SSSR count). The minimum atomic E-state index is 0.297. The second kappa shape index (κ2) is 7.13. The van der Waals surface area contributed by atoms with Gasteiger partial charge in [-0.15, -0.1) is 0 Å². The van der Waals surface area contributed by atoms with Crippen LogP contribution < -0.4 is 10.6 Å². The van der Waals surface area contributed by atoms with Gasteiger partial charge in [-0.3, -0.25) is 4.79 Å². The normalized spacial score (nSPS) is 39.2. The molecule has 3 heteroatoms.